The molecule has 1 saturated heterocycles. The van der Waals surface area contributed by atoms with E-state index in [-0.39, 0.29) is 0 Å². The van der Waals surface area contributed by atoms with E-state index >= 15 is 0 Å². The highest BCUT2D eigenvalue weighted by Crippen LogP contribution is 2.19. The molecule has 1 aromatic carbocycles. The van der Waals surface area contributed by atoms with Gasteiger partial charge in [0.25, 0.3) is 0 Å². The molecular weight excluding hydrogens is 208 g/mol. The quantitative estimate of drug-likeness (QED) is 0.791. The highest BCUT2D eigenvalue weighted by atomic mass is 15.1. The van der Waals surface area contributed by atoms with Crippen LogP contribution >= 0.6 is 0 Å². The maximum Gasteiger partial charge on any atom is 0.0177 e. The number of nitrogens with one attached hydrogen (secondary N) is 1. The lowest BCUT2D eigenvalue weighted by atomic mass is 9.90. The van der Waals surface area contributed by atoms with Crippen molar-refractivity contribution in [1.29, 1.82) is 5.41 Å². The van der Waals surface area contributed by atoms with Crippen LogP contribution in [0.15, 0.2) is 30.3 Å². The molecule has 1 unspecified atom stereocenters. The van der Waals surface area contributed by atoms with Crippen molar-refractivity contribution in [2.24, 2.45) is 5.92 Å². The summed E-state index contributed by atoms with van der Waals surface area (Å²) in [5.41, 5.74) is 2.18. The summed E-state index contributed by atoms with van der Waals surface area (Å²) < 4.78 is 0. The topological polar surface area (TPSA) is 27.1 Å². The number of benzene rings is 1. The Morgan fingerprint density at radius 3 is 2.82 bits per heavy atom. The summed E-state index contributed by atoms with van der Waals surface area (Å²) in [6.45, 7) is 5.63. The molecule has 17 heavy (non-hydrogen) atoms. The maximum atomic E-state index is 8.26. The summed E-state index contributed by atoms with van der Waals surface area (Å²) in [4.78, 5) is 2.47. The Labute approximate surface area is 104 Å². The van der Waals surface area contributed by atoms with Crippen LogP contribution in [0.25, 0.3) is 0 Å². The summed E-state index contributed by atoms with van der Waals surface area (Å²) in [7, 11) is 0. The highest BCUT2D eigenvalue weighted by molar-refractivity contribution is 5.86. The van der Waals surface area contributed by atoms with Crippen molar-refractivity contribution < 1.29 is 0 Å². The molecule has 1 N–H and O–H groups in total. The zero-order valence-corrected chi connectivity index (χ0v) is 10.7. The molecule has 0 bridgehead atoms. The lowest BCUT2D eigenvalue weighted by Gasteiger charge is -2.32. The first-order valence-corrected chi connectivity index (χ1v) is 6.63. The average Bonchev–Trinajstić information content (AvgIpc) is 2.40. The van der Waals surface area contributed by atoms with Crippen LogP contribution in [-0.2, 0) is 6.42 Å². The predicted octanol–water partition coefficient (Wildman–Crippen LogP) is 2.98. The molecule has 1 fully saturated rings. The largest absolute Gasteiger partial charge is 0.309 e. The number of rotatable bonds is 4. The van der Waals surface area contributed by atoms with Gasteiger partial charge in [-0.3, -0.25) is 0 Å². The molecule has 1 aliphatic rings. The van der Waals surface area contributed by atoms with E-state index in [9.17, 15) is 0 Å². The van der Waals surface area contributed by atoms with Gasteiger partial charge in [0.15, 0.2) is 0 Å². The fraction of sp³-hybridized carbons (Fsp3) is 0.533. The van der Waals surface area contributed by atoms with Gasteiger partial charge in [0.1, 0.15) is 0 Å². The molecule has 0 amide bonds. The van der Waals surface area contributed by atoms with Crippen LogP contribution in [0.3, 0.4) is 0 Å². The van der Waals surface area contributed by atoms with Crippen LogP contribution in [0.2, 0.25) is 0 Å². The van der Waals surface area contributed by atoms with E-state index in [1.54, 1.807) is 0 Å². The molecular formula is C15H22N2. The Morgan fingerprint density at radius 2 is 2.12 bits per heavy atom. The standard InChI is InChI=1S/C15H22N2/c1-2-17-10-6-9-14(12-17)15(16)11-13-7-4-3-5-8-13/h3-5,7-8,14,16H,2,6,9-12H2,1H3. The zero-order valence-electron chi connectivity index (χ0n) is 10.7. The van der Waals surface area contributed by atoms with Crippen molar-refractivity contribution in [2.75, 3.05) is 19.6 Å². The number of likely N-dealkylation sites (tertiary alicyclic amines) is 1. The molecule has 1 atom stereocenters. The molecule has 1 aromatic rings. The minimum Gasteiger partial charge on any atom is -0.309 e. The van der Waals surface area contributed by atoms with Gasteiger partial charge >= 0.3 is 0 Å². The van der Waals surface area contributed by atoms with Crippen molar-refractivity contribution in [1.82, 2.24) is 4.90 Å². The second kappa shape index (κ2) is 5.97. The van der Waals surface area contributed by atoms with Crippen molar-refractivity contribution in [3.8, 4) is 0 Å². The first-order chi connectivity index (χ1) is 8.29. The molecule has 0 aromatic heterocycles. The molecule has 2 nitrogen and oxygen atoms in total. The van der Waals surface area contributed by atoms with Crippen LogP contribution in [0.1, 0.15) is 25.3 Å². The minimum absolute atomic E-state index is 0.476. The van der Waals surface area contributed by atoms with E-state index in [0.29, 0.717) is 5.92 Å². The normalized spacial score (nSPS) is 21.4. The second-order valence-corrected chi connectivity index (χ2v) is 4.92. The van der Waals surface area contributed by atoms with E-state index in [0.717, 1.165) is 25.2 Å². The van der Waals surface area contributed by atoms with E-state index < -0.39 is 0 Å². The number of hydrogen-bond acceptors (Lipinski definition) is 2. The molecule has 0 aliphatic carbocycles. The third kappa shape index (κ3) is 3.40. The van der Waals surface area contributed by atoms with Crippen molar-refractivity contribution in [3.63, 3.8) is 0 Å². The molecule has 92 valence electrons. The van der Waals surface area contributed by atoms with Crippen molar-refractivity contribution in [3.05, 3.63) is 35.9 Å². The maximum absolute atomic E-state index is 8.26. The van der Waals surface area contributed by atoms with Gasteiger partial charge < -0.3 is 10.3 Å². The molecule has 2 heteroatoms. The van der Waals surface area contributed by atoms with E-state index in [1.807, 2.05) is 6.07 Å². The van der Waals surface area contributed by atoms with Gasteiger partial charge in [-0.05, 0) is 31.5 Å². The Kier molecular flexibility index (Phi) is 4.32. The van der Waals surface area contributed by atoms with Gasteiger partial charge in [-0.1, -0.05) is 37.3 Å². The van der Waals surface area contributed by atoms with Gasteiger partial charge in [-0.2, -0.15) is 0 Å². The summed E-state index contributed by atoms with van der Waals surface area (Å²) >= 11 is 0. The third-order valence-corrected chi connectivity index (χ3v) is 3.68. The molecule has 0 radical (unpaired) electrons. The van der Waals surface area contributed by atoms with Gasteiger partial charge in [0, 0.05) is 24.6 Å². The number of piperidine rings is 1. The van der Waals surface area contributed by atoms with Crippen LogP contribution in [-0.4, -0.2) is 30.2 Å². The first kappa shape index (κ1) is 12.3. The van der Waals surface area contributed by atoms with E-state index in [2.05, 4.69) is 36.1 Å². The summed E-state index contributed by atoms with van der Waals surface area (Å²) in [5.74, 6) is 0.476. The number of nitrogens with zero attached hydrogens (tertiary/aromatic N) is 1. The lowest BCUT2D eigenvalue weighted by Crippen LogP contribution is -2.38. The van der Waals surface area contributed by atoms with Gasteiger partial charge in [-0.25, -0.2) is 0 Å². The van der Waals surface area contributed by atoms with Crippen LogP contribution in [0.4, 0.5) is 0 Å². The monoisotopic (exact) mass is 230 g/mol. The molecule has 1 aliphatic heterocycles. The summed E-state index contributed by atoms with van der Waals surface area (Å²) in [6, 6.07) is 10.4. The average molecular weight is 230 g/mol. The molecule has 0 spiro atoms. The predicted molar refractivity (Wildman–Crippen MR) is 72.7 cm³/mol. The third-order valence-electron chi connectivity index (χ3n) is 3.68. The Morgan fingerprint density at radius 1 is 1.35 bits per heavy atom. The van der Waals surface area contributed by atoms with Gasteiger partial charge in [0.2, 0.25) is 0 Å². The fourth-order valence-electron chi connectivity index (χ4n) is 2.59. The van der Waals surface area contributed by atoms with Crippen LogP contribution in [0.5, 0.6) is 0 Å². The lowest BCUT2D eigenvalue weighted by molar-refractivity contribution is 0.213. The Bertz CT molecular complexity index is 358. The minimum atomic E-state index is 0.476. The van der Waals surface area contributed by atoms with Crippen molar-refractivity contribution in [2.45, 2.75) is 26.2 Å². The smallest absolute Gasteiger partial charge is 0.0177 e. The number of hydrogen-bond donors (Lipinski definition) is 1. The summed E-state index contributed by atoms with van der Waals surface area (Å²) in [6.07, 6.45) is 3.26. The van der Waals surface area contributed by atoms with Crippen LogP contribution < -0.4 is 0 Å². The zero-order chi connectivity index (χ0) is 12.1. The van der Waals surface area contributed by atoms with E-state index in [4.69, 9.17) is 5.41 Å². The van der Waals surface area contributed by atoms with E-state index in [1.165, 1.54) is 24.9 Å². The highest BCUT2D eigenvalue weighted by Gasteiger charge is 2.22. The SMILES string of the molecule is CCN1CCCC(C(=N)Cc2ccccc2)C1. The first-order valence-electron chi connectivity index (χ1n) is 6.63. The molecule has 0 saturated carbocycles. The second-order valence-electron chi connectivity index (χ2n) is 4.92. The molecule has 1 heterocycles. The Hall–Kier alpha value is -1.15. The van der Waals surface area contributed by atoms with Crippen molar-refractivity contribution >= 4 is 5.71 Å². The van der Waals surface area contributed by atoms with Crippen LogP contribution in [0, 0.1) is 11.3 Å². The Balaban J connectivity index is 1.91. The van der Waals surface area contributed by atoms with Gasteiger partial charge in [-0.15, -0.1) is 0 Å². The fourth-order valence-corrected chi connectivity index (χ4v) is 2.59. The summed E-state index contributed by atoms with van der Waals surface area (Å²) in [5, 5.41) is 8.26. The molecule has 2 rings (SSSR count). The van der Waals surface area contributed by atoms with Gasteiger partial charge in [0.05, 0.1) is 0 Å².